The average Bonchev–Trinajstić information content (AvgIpc) is 3.48. The summed E-state index contributed by atoms with van der Waals surface area (Å²) < 4.78 is 11.3. The molecule has 4 rings (SSSR count). The number of hydrogen-bond donors (Lipinski definition) is 3. The topological polar surface area (TPSA) is 91.0 Å². The van der Waals surface area contributed by atoms with Crippen molar-refractivity contribution in [3.05, 3.63) is 78.7 Å². The third-order valence-electron chi connectivity index (χ3n) is 7.67. The summed E-state index contributed by atoms with van der Waals surface area (Å²) in [7, 11) is 0. The van der Waals surface area contributed by atoms with Crippen LogP contribution in [0.1, 0.15) is 75.3 Å². The number of pyridine rings is 1. The number of rotatable bonds is 15. The van der Waals surface area contributed by atoms with Crippen LogP contribution in [-0.4, -0.2) is 71.7 Å². The summed E-state index contributed by atoms with van der Waals surface area (Å²) in [5.41, 5.74) is 2.32. The lowest BCUT2D eigenvalue weighted by atomic mass is 10.2. The number of nitrogens with one attached hydrogen (secondary N) is 3. The Kier molecular flexibility index (Phi) is 11.9. The highest BCUT2D eigenvalue weighted by atomic mass is 16.5. The molecule has 0 radical (unpaired) electrons. The molecule has 9 heteroatoms. The fourth-order valence-electron chi connectivity index (χ4n) is 5.47. The van der Waals surface area contributed by atoms with Crippen molar-refractivity contribution >= 4 is 17.3 Å². The Hall–Kier alpha value is -3.56. The Bertz CT molecular complexity index is 1200. The van der Waals surface area contributed by atoms with Gasteiger partial charge in [-0.2, -0.15) is 0 Å². The minimum atomic E-state index is -0.384. The van der Waals surface area contributed by atoms with Crippen LogP contribution < -0.4 is 16.0 Å². The van der Waals surface area contributed by atoms with E-state index in [1.54, 1.807) is 12.3 Å². The molecule has 2 fully saturated rings. The molecule has 1 saturated heterocycles. The molecule has 2 aromatic rings. The molecule has 234 valence electrons. The van der Waals surface area contributed by atoms with Crippen molar-refractivity contribution in [2.45, 2.75) is 77.5 Å². The van der Waals surface area contributed by atoms with Crippen LogP contribution in [0.15, 0.2) is 67.5 Å². The minimum Gasteiger partial charge on any atom is -0.474 e. The molecule has 1 amide bonds. The zero-order valence-electron chi connectivity index (χ0n) is 26.3. The molecule has 2 heterocycles. The summed E-state index contributed by atoms with van der Waals surface area (Å²) in [5, 5.41) is 9.80. The first-order chi connectivity index (χ1) is 20.7. The maximum atomic E-state index is 13.1. The van der Waals surface area contributed by atoms with Crippen LogP contribution in [0.5, 0.6) is 0 Å². The fraction of sp³-hybridized carbons (Fsp3) is 0.529. The number of ether oxygens (including phenoxy) is 2. The first-order valence-corrected chi connectivity index (χ1v) is 15.7. The molecule has 0 unspecified atom stereocenters. The summed E-state index contributed by atoms with van der Waals surface area (Å²) in [6.45, 7) is 20.6. The molecule has 1 aliphatic heterocycles. The molecule has 2 aliphatic rings. The van der Waals surface area contributed by atoms with Crippen molar-refractivity contribution < 1.29 is 14.3 Å². The summed E-state index contributed by atoms with van der Waals surface area (Å²) in [5.74, 6) is 1.10. The van der Waals surface area contributed by atoms with Gasteiger partial charge < -0.3 is 30.3 Å². The highest BCUT2D eigenvalue weighted by Gasteiger charge is 2.19. The largest absolute Gasteiger partial charge is 0.474 e. The Morgan fingerprint density at radius 1 is 1.05 bits per heavy atom. The predicted octanol–water partition coefficient (Wildman–Crippen LogP) is 5.95. The third kappa shape index (κ3) is 10.9. The molecule has 1 saturated carbocycles. The summed E-state index contributed by atoms with van der Waals surface area (Å²) in [6.07, 6.45) is 8.96. The zero-order valence-corrected chi connectivity index (χ0v) is 26.3. The Morgan fingerprint density at radius 2 is 1.74 bits per heavy atom. The number of nitrogens with zero attached hydrogens (tertiary/aromatic N) is 3. The van der Waals surface area contributed by atoms with E-state index in [0.29, 0.717) is 35.5 Å². The first-order valence-electron chi connectivity index (χ1n) is 15.7. The quantitative estimate of drug-likeness (QED) is 0.173. The number of aromatic nitrogens is 1. The van der Waals surface area contributed by atoms with E-state index >= 15 is 0 Å². The van der Waals surface area contributed by atoms with E-state index in [0.717, 1.165) is 63.6 Å². The van der Waals surface area contributed by atoms with Gasteiger partial charge in [-0.25, -0.2) is 0 Å². The number of morpholine rings is 1. The number of amides is 1. The zero-order chi connectivity index (χ0) is 30.7. The van der Waals surface area contributed by atoms with Crippen LogP contribution in [0.25, 0.3) is 0 Å². The molecule has 3 N–H and O–H groups in total. The van der Waals surface area contributed by atoms with Gasteiger partial charge in [-0.3, -0.25) is 14.7 Å². The van der Waals surface area contributed by atoms with Gasteiger partial charge in [-0.05, 0) is 83.3 Å². The van der Waals surface area contributed by atoms with E-state index in [1.165, 1.54) is 25.7 Å². The van der Waals surface area contributed by atoms with Crippen molar-refractivity contribution in [2.75, 3.05) is 50.0 Å². The van der Waals surface area contributed by atoms with Crippen molar-refractivity contribution in [2.24, 2.45) is 0 Å². The second kappa shape index (κ2) is 15.8. The van der Waals surface area contributed by atoms with Gasteiger partial charge in [0.25, 0.3) is 5.91 Å². The third-order valence-corrected chi connectivity index (χ3v) is 7.67. The SMILES string of the molecule is C=C(Nc1ccccc1NC(=O)c1ccc(CN(CCCCN2CCOCC2)C(=C)NC2CCCC2)cn1)OC(C)(C)C. The van der Waals surface area contributed by atoms with E-state index < -0.39 is 0 Å². The second-order valence-electron chi connectivity index (χ2n) is 12.5. The minimum absolute atomic E-state index is 0.282. The van der Waals surface area contributed by atoms with Crippen LogP contribution in [0, 0.1) is 0 Å². The van der Waals surface area contributed by atoms with Gasteiger partial charge >= 0.3 is 0 Å². The normalized spacial score (nSPS) is 16.0. The van der Waals surface area contributed by atoms with E-state index in [-0.39, 0.29) is 11.5 Å². The van der Waals surface area contributed by atoms with Crippen LogP contribution in [0.4, 0.5) is 11.4 Å². The number of hydrogen-bond acceptors (Lipinski definition) is 8. The van der Waals surface area contributed by atoms with Crippen molar-refractivity contribution in [3.8, 4) is 0 Å². The Balaban J connectivity index is 1.34. The fourth-order valence-corrected chi connectivity index (χ4v) is 5.47. The Morgan fingerprint density at radius 3 is 2.40 bits per heavy atom. The van der Waals surface area contributed by atoms with Crippen LogP contribution in [0.3, 0.4) is 0 Å². The molecule has 0 bridgehead atoms. The molecular formula is C34H50N6O3. The molecule has 0 spiro atoms. The maximum absolute atomic E-state index is 13.1. The van der Waals surface area contributed by atoms with Gasteiger partial charge in [0, 0.05) is 38.4 Å². The molecule has 1 aromatic carbocycles. The number of carbonyl (C=O) groups is 1. The lowest BCUT2D eigenvalue weighted by Gasteiger charge is -2.30. The molecule has 0 atom stereocenters. The number of benzene rings is 1. The monoisotopic (exact) mass is 590 g/mol. The molecule has 9 nitrogen and oxygen atoms in total. The maximum Gasteiger partial charge on any atom is 0.274 e. The average molecular weight is 591 g/mol. The van der Waals surface area contributed by atoms with Gasteiger partial charge in [0.05, 0.1) is 30.4 Å². The summed E-state index contributed by atoms with van der Waals surface area (Å²) in [4.78, 5) is 22.4. The van der Waals surface area contributed by atoms with Gasteiger partial charge in [0.2, 0.25) is 0 Å². The number of anilines is 2. The van der Waals surface area contributed by atoms with Crippen molar-refractivity contribution in [1.82, 2.24) is 20.1 Å². The van der Waals surface area contributed by atoms with Gasteiger partial charge in [-0.15, -0.1) is 0 Å². The number of carbonyl (C=O) groups excluding carboxylic acids is 1. The summed E-state index contributed by atoms with van der Waals surface area (Å²) in [6, 6.07) is 11.7. The number of para-hydroxylation sites is 2. The number of unbranched alkanes of at least 4 members (excludes halogenated alkanes) is 1. The van der Waals surface area contributed by atoms with Crippen molar-refractivity contribution in [3.63, 3.8) is 0 Å². The molecule has 1 aromatic heterocycles. The smallest absolute Gasteiger partial charge is 0.274 e. The second-order valence-corrected chi connectivity index (χ2v) is 12.5. The van der Waals surface area contributed by atoms with E-state index in [9.17, 15) is 4.79 Å². The van der Waals surface area contributed by atoms with Gasteiger partial charge in [0.1, 0.15) is 11.3 Å². The summed E-state index contributed by atoms with van der Waals surface area (Å²) >= 11 is 0. The van der Waals surface area contributed by atoms with Crippen LogP contribution >= 0.6 is 0 Å². The van der Waals surface area contributed by atoms with E-state index in [4.69, 9.17) is 9.47 Å². The van der Waals surface area contributed by atoms with Crippen molar-refractivity contribution in [1.29, 1.82) is 0 Å². The highest BCUT2D eigenvalue weighted by molar-refractivity contribution is 6.04. The highest BCUT2D eigenvalue weighted by Crippen LogP contribution is 2.25. The van der Waals surface area contributed by atoms with Gasteiger partial charge in [0.15, 0.2) is 5.88 Å². The standard InChI is InChI=1S/C34H50N6O3/c1-26(36-29-12-6-7-13-29)40(19-11-10-18-39-20-22-42-23-21-39)25-28-16-17-32(35-24-28)33(41)38-31-15-9-8-14-30(31)37-27(2)43-34(3,4)5/h8-9,14-17,24,29,36-37H,1-2,6-7,10-13,18-23,25H2,3-5H3,(H,38,41). The first kappa shape index (κ1) is 32.4. The Labute approximate surface area is 257 Å². The molecular weight excluding hydrogens is 540 g/mol. The van der Waals surface area contributed by atoms with Crippen LogP contribution in [0.2, 0.25) is 0 Å². The predicted molar refractivity (Wildman–Crippen MR) is 174 cm³/mol. The van der Waals surface area contributed by atoms with Crippen LogP contribution in [-0.2, 0) is 16.0 Å². The van der Waals surface area contributed by atoms with E-state index in [1.807, 2.05) is 51.1 Å². The lowest BCUT2D eigenvalue weighted by Crippen LogP contribution is -2.38. The van der Waals surface area contributed by atoms with E-state index in [2.05, 4.69) is 43.9 Å². The molecule has 1 aliphatic carbocycles. The van der Waals surface area contributed by atoms with Gasteiger partial charge in [-0.1, -0.05) is 37.6 Å². The molecule has 43 heavy (non-hydrogen) atoms. The lowest BCUT2D eigenvalue weighted by molar-refractivity contribution is 0.0369.